The Morgan fingerprint density at radius 1 is 1.05 bits per heavy atom. The van der Waals surface area contributed by atoms with Crippen LogP contribution < -0.4 is 4.74 Å². The third-order valence-electron chi connectivity index (χ3n) is 3.84. The first kappa shape index (κ1) is 14.0. The molecule has 4 heteroatoms. The second-order valence-corrected chi connectivity index (χ2v) is 5.43. The number of hydrogen-bond acceptors (Lipinski definition) is 3. The highest BCUT2D eigenvalue weighted by atomic mass is 19.1. The average molecular weight is 287 g/mol. The standard InChI is InChI=1S/C17H18FNO2/c18-16-10-13(12-4-2-1-3-5-12)11-19-17(16)21-15-8-6-14(20)7-9-15/h1-5,10-11,14-15,20H,6-9H2. The number of halogens is 1. The Kier molecular flexibility index (Phi) is 4.15. The van der Waals surface area contributed by atoms with Crippen LogP contribution in [0.1, 0.15) is 25.7 Å². The van der Waals surface area contributed by atoms with Gasteiger partial charge in [0.25, 0.3) is 5.88 Å². The zero-order chi connectivity index (χ0) is 14.7. The summed E-state index contributed by atoms with van der Waals surface area (Å²) in [7, 11) is 0. The molecule has 1 saturated carbocycles. The maximum atomic E-state index is 14.1. The van der Waals surface area contributed by atoms with Gasteiger partial charge < -0.3 is 9.84 Å². The van der Waals surface area contributed by atoms with E-state index in [1.807, 2.05) is 30.3 Å². The zero-order valence-corrected chi connectivity index (χ0v) is 11.7. The first-order valence-electron chi connectivity index (χ1n) is 7.28. The molecule has 110 valence electrons. The molecule has 1 aromatic carbocycles. The first-order chi connectivity index (χ1) is 10.2. The van der Waals surface area contributed by atoms with E-state index in [1.165, 1.54) is 6.07 Å². The van der Waals surface area contributed by atoms with Crippen LogP contribution in [-0.2, 0) is 0 Å². The Bertz CT molecular complexity index is 595. The monoisotopic (exact) mass is 287 g/mol. The van der Waals surface area contributed by atoms with Gasteiger partial charge in [0.1, 0.15) is 6.10 Å². The van der Waals surface area contributed by atoms with Crippen molar-refractivity contribution in [3.63, 3.8) is 0 Å². The zero-order valence-electron chi connectivity index (χ0n) is 11.7. The molecule has 0 radical (unpaired) electrons. The predicted molar refractivity (Wildman–Crippen MR) is 78.5 cm³/mol. The van der Waals surface area contributed by atoms with E-state index >= 15 is 0 Å². The molecule has 2 aromatic rings. The number of hydrogen-bond donors (Lipinski definition) is 1. The van der Waals surface area contributed by atoms with Gasteiger partial charge in [-0.3, -0.25) is 0 Å². The van der Waals surface area contributed by atoms with E-state index in [4.69, 9.17) is 4.74 Å². The van der Waals surface area contributed by atoms with Crippen molar-refractivity contribution in [2.24, 2.45) is 0 Å². The van der Waals surface area contributed by atoms with Gasteiger partial charge in [-0.05, 0) is 37.3 Å². The molecule has 21 heavy (non-hydrogen) atoms. The molecule has 1 heterocycles. The molecule has 1 aliphatic rings. The minimum absolute atomic E-state index is 0.0519. The van der Waals surface area contributed by atoms with Crippen LogP contribution in [0.25, 0.3) is 11.1 Å². The summed E-state index contributed by atoms with van der Waals surface area (Å²) in [6.45, 7) is 0. The SMILES string of the molecule is OC1CCC(Oc2ncc(-c3ccccc3)cc2F)CC1. The number of aliphatic hydroxyl groups is 1. The maximum Gasteiger partial charge on any atom is 0.250 e. The summed E-state index contributed by atoms with van der Waals surface area (Å²) < 4.78 is 19.8. The van der Waals surface area contributed by atoms with Gasteiger partial charge in [0, 0.05) is 11.8 Å². The van der Waals surface area contributed by atoms with Gasteiger partial charge >= 0.3 is 0 Å². The number of rotatable bonds is 3. The minimum atomic E-state index is -0.442. The van der Waals surface area contributed by atoms with Crippen molar-refractivity contribution in [2.75, 3.05) is 0 Å². The van der Waals surface area contributed by atoms with Crippen molar-refractivity contribution >= 4 is 0 Å². The van der Waals surface area contributed by atoms with E-state index in [9.17, 15) is 9.50 Å². The normalized spacial score (nSPS) is 22.0. The van der Waals surface area contributed by atoms with E-state index in [0.29, 0.717) is 12.8 Å². The summed E-state index contributed by atoms with van der Waals surface area (Å²) in [6, 6.07) is 11.0. The average Bonchev–Trinajstić information content (AvgIpc) is 2.52. The Morgan fingerprint density at radius 2 is 1.76 bits per heavy atom. The molecular formula is C17H18FNO2. The van der Waals surface area contributed by atoms with Crippen molar-refractivity contribution in [1.29, 1.82) is 0 Å². The molecule has 0 amide bonds. The van der Waals surface area contributed by atoms with Crippen molar-refractivity contribution in [3.8, 4) is 17.0 Å². The Hall–Kier alpha value is -1.94. The quantitative estimate of drug-likeness (QED) is 0.938. The molecule has 0 bridgehead atoms. The van der Waals surface area contributed by atoms with Gasteiger partial charge in [-0.25, -0.2) is 9.37 Å². The van der Waals surface area contributed by atoms with Crippen LogP contribution in [0, 0.1) is 5.82 Å². The summed E-state index contributed by atoms with van der Waals surface area (Å²) in [6.07, 6.45) is 4.21. The maximum absolute atomic E-state index is 14.1. The van der Waals surface area contributed by atoms with Crippen LogP contribution in [-0.4, -0.2) is 22.3 Å². The van der Waals surface area contributed by atoms with E-state index in [2.05, 4.69) is 4.98 Å². The predicted octanol–water partition coefficient (Wildman–Crippen LogP) is 3.57. The largest absolute Gasteiger partial charge is 0.472 e. The molecule has 0 aliphatic heterocycles. The minimum Gasteiger partial charge on any atom is -0.472 e. The van der Waals surface area contributed by atoms with E-state index < -0.39 is 5.82 Å². The molecule has 3 rings (SSSR count). The summed E-state index contributed by atoms with van der Waals surface area (Å²) in [5, 5.41) is 9.46. The van der Waals surface area contributed by atoms with E-state index in [1.54, 1.807) is 6.20 Å². The van der Waals surface area contributed by atoms with Crippen LogP contribution in [0.2, 0.25) is 0 Å². The second kappa shape index (κ2) is 6.22. The highest BCUT2D eigenvalue weighted by Crippen LogP contribution is 2.27. The van der Waals surface area contributed by atoms with Crippen molar-refractivity contribution in [2.45, 2.75) is 37.9 Å². The van der Waals surface area contributed by atoms with E-state index in [-0.39, 0.29) is 18.1 Å². The molecule has 0 atom stereocenters. The fraction of sp³-hybridized carbons (Fsp3) is 0.353. The number of aromatic nitrogens is 1. The molecule has 3 nitrogen and oxygen atoms in total. The number of nitrogens with zero attached hydrogens (tertiary/aromatic N) is 1. The molecule has 1 N–H and O–H groups in total. The first-order valence-corrected chi connectivity index (χ1v) is 7.28. The summed E-state index contributed by atoms with van der Waals surface area (Å²) in [5.74, 6) is -0.390. The van der Waals surface area contributed by atoms with E-state index in [0.717, 1.165) is 24.0 Å². The summed E-state index contributed by atoms with van der Waals surface area (Å²) in [5.41, 5.74) is 1.66. The second-order valence-electron chi connectivity index (χ2n) is 5.43. The van der Waals surface area contributed by atoms with Crippen molar-refractivity contribution < 1.29 is 14.2 Å². The Balaban J connectivity index is 1.73. The van der Waals surface area contributed by atoms with Gasteiger partial charge in [0.2, 0.25) is 0 Å². The molecule has 1 aliphatic carbocycles. The lowest BCUT2D eigenvalue weighted by molar-refractivity contribution is 0.0622. The molecule has 0 unspecified atom stereocenters. The third kappa shape index (κ3) is 3.39. The number of aliphatic hydroxyl groups excluding tert-OH is 1. The van der Waals surface area contributed by atoms with Gasteiger partial charge in [-0.1, -0.05) is 30.3 Å². The lowest BCUT2D eigenvalue weighted by atomic mass is 9.95. The Morgan fingerprint density at radius 3 is 2.43 bits per heavy atom. The van der Waals surface area contributed by atoms with Crippen LogP contribution in [0.4, 0.5) is 4.39 Å². The number of benzene rings is 1. The highest BCUT2D eigenvalue weighted by Gasteiger charge is 2.22. The Labute approximate surface area is 123 Å². The fourth-order valence-electron chi connectivity index (χ4n) is 2.62. The van der Waals surface area contributed by atoms with Gasteiger partial charge in [-0.2, -0.15) is 0 Å². The molecule has 0 saturated heterocycles. The smallest absolute Gasteiger partial charge is 0.250 e. The van der Waals surface area contributed by atoms with Gasteiger partial charge in [0.15, 0.2) is 5.82 Å². The van der Waals surface area contributed by atoms with Crippen LogP contribution in [0.5, 0.6) is 5.88 Å². The topological polar surface area (TPSA) is 42.4 Å². The van der Waals surface area contributed by atoms with Crippen molar-refractivity contribution in [3.05, 3.63) is 48.4 Å². The molecular weight excluding hydrogens is 269 g/mol. The molecule has 0 spiro atoms. The van der Waals surface area contributed by atoms with Gasteiger partial charge in [0.05, 0.1) is 6.10 Å². The van der Waals surface area contributed by atoms with Crippen molar-refractivity contribution in [1.82, 2.24) is 4.98 Å². The fourth-order valence-corrected chi connectivity index (χ4v) is 2.62. The third-order valence-corrected chi connectivity index (χ3v) is 3.84. The molecule has 1 fully saturated rings. The lowest BCUT2D eigenvalue weighted by Crippen LogP contribution is -2.27. The van der Waals surface area contributed by atoms with Crippen LogP contribution in [0.3, 0.4) is 0 Å². The number of pyridine rings is 1. The molecule has 1 aromatic heterocycles. The summed E-state index contributed by atoms with van der Waals surface area (Å²) in [4.78, 5) is 4.11. The summed E-state index contributed by atoms with van der Waals surface area (Å²) >= 11 is 0. The van der Waals surface area contributed by atoms with Gasteiger partial charge in [-0.15, -0.1) is 0 Å². The number of ether oxygens (including phenoxy) is 1. The lowest BCUT2D eigenvalue weighted by Gasteiger charge is -2.25. The highest BCUT2D eigenvalue weighted by molar-refractivity contribution is 5.62. The van der Waals surface area contributed by atoms with Crippen LogP contribution in [0.15, 0.2) is 42.6 Å². The van der Waals surface area contributed by atoms with Crippen LogP contribution >= 0.6 is 0 Å².